The van der Waals surface area contributed by atoms with Gasteiger partial charge in [-0.1, -0.05) is 29.8 Å². The van der Waals surface area contributed by atoms with Crippen LogP contribution in [0.1, 0.15) is 24.1 Å². The lowest BCUT2D eigenvalue weighted by molar-refractivity contribution is 0.307. The van der Waals surface area contributed by atoms with Crippen LogP contribution in [0.3, 0.4) is 0 Å². The van der Waals surface area contributed by atoms with Crippen LogP contribution in [0.2, 0.25) is 5.02 Å². The fourth-order valence-electron chi connectivity index (χ4n) is 2.11. The maximum atomic E-state index is 13.0. The van der Waals surface area contributed by atoms with Gasteiger partial charge in [-0.15, -0.1) is 0 Å². The lowest BCUT2D eigenvalue weighted by Crippen LogP contribution is -2.24. The minimum atomic E-state index is -0.321. The van der Waals surface area contributed by atoms with Gasteiger partial charge in [0.05, 0.1) is 0 Å². The predicted octanol–water partition coefficient (Wildman–Crippen LogP) is 4.52. The molecule has 0 radical (unpaired) electrons. The van der Waals surface area contributed by atoms with Crippen LogP contribution in [0.4, 0.5) is 4.39 Å². The molecule has 0 saturated carbocycles. The molecule has 1 N–H and O–H groups in total. The summed E-state index contributed by atoms with van der Waals surface area (Å²) in [6.07, 6.45) is 0. The van der Waals surface area contributed by atoms with Crippen molar-refractivity contribution in [1.29, 1.82) is 0 Å². The first kappa shape index (κ1) is 15.8. The highest BCUT2D eigenvalue weighted by Gasteiger charge is 2.09. The highest BCUT2D eigenvalue weighted by atomic mass is 35.5. The normalized spacial score (nSPS) is 12.2. The molecular formula is C17H19ClFNO. The average molecular weight is 308 g/mol. The average Bonchev–Trinajstić information content (AvgIpc) is 2.43. The summed E-state index contributed by atoms with van der Waals surface area (Å²) in [5.74, 6) is 0.544. The van der Waals surface area contributed by atoms with Gasteiger partial charge < -0.3 is 10.1 Å². The minimum absolute atomic E-state index is 0.0409. The van der Waals surface area contributed by atoms with Gasteiger partial charge in [-0.25, -0.2) is 4.39 Å². The van der Waals surface area contributed by atoms with Crippen LogP contribution < -0.4 is 10.1 Å². The maximum Gasteiger partial charge on any atom is 0.124 e. The third-order valence-corrected chi connectivity index (χ3v) is 3.57. The lowest BCUT2D eigenvalue weighted by atomic mass is 10.1. The van der Waals surface area contributed by atoms with Crippen LogP contribution in [-0.4, -0.2) is 13.2 Å². The van der Waals surface area contributed by atoms with E-state index < -0.39 is 0 Å². The number of rotatable bonds is 6. The van der Waals surface area contributed by atoms with E-state index >= 15 is 0 Å². The van der Waals surface area contributed by atoms with Gasteiger partial charge in [0.1, 0.15) is 18.2 Å². The van der Waals surface area contributed by atoms with Gasteiger partial charge >= 0.3 is 0 Å². The molecule has 2 aromatic rings. The molecule has 21 heavy (non-hydrogen) atoms. The summed E-state index contributed by atoms with van der Waals surface area (Å²) in [5, 5.41) is 3.75. The quantitative estimate of drug-likeness (QED) is 0.792. The van der Waals surface area contributed by atoms with E-state index in [0.29, 0.717) is 18.2 Å². The fourth-order valence-corrected chi connectivity index (χ4v) is 2.44. The van der Waals surface area contributed by atoms with E-state index in [4.69, 9.17) is 16.3 Å². The Bertz CT molecular complexity index is 603. The molecule has 0 aliphatic rings. The van der Waals surface area contributed by atoms with Gasteiger partial charge in [0.2, 0.25) is 0 Å². The summed E-state index contributed by atoms with van der Waals surface area (Å²) in [7, 11) is 0. The number of hydrogen-bond acceptors (Lipinski definition) is 2. The van der Waals surface area contributed by atoms with Crippen molar-refractivity contribution in [2.45, 2.75) is 19.9 Å². The molecule has 0 fully saturated rings. The van der Waals surface area contributed by atoms with Crippen LogP contribution in [0.25, 0.3) is 0 Å². The molecule has 2 nitrogen and oxygen atoms in total. The van der Waals surface area contributed by atoms with Gasteiger partial charge in [0.25, 0.3) is 0 Å². The monoisotopic (exact) mass is 307 g/mol. The molecule has 1 atom stereocenters. The zero-order chi connectivity index (χ0) is 15.2. The van der Waals surface area contributed by atoms with Crippen molar-refractivity contribution < 1.29 is 9.13 Å². The number of nitrogens with one attached hydrogen (secondary N) is 1. The predicted molar refractivity (Wildman–Crippen MR) is 84.5 cm³/mol. The Morgan fingerprint density at radius 2 is 2.05 bits per heavy atom. The highest BCUT2D eigenvalue weighted by Crippen LogP contribution is 2.23. The molecule has 4 heteroatoms. The summed E-state index contributed by atoms with van der Waals surface area (Å²) >= 11 is 6.04. The molecule has 112 valence electrons. The van der Waals surface area contributed by atoms with Crippen LogP contribution in [0, 0.1) is 12.7 Å². The van der Waals surface area contributed by atoms with Gasteiger partial charge in [-0.2, -0.15) is 0 Å². The minimum Gasteiger partial charge on any atom is -0.492 e. The molecule has 0 bridgehead atoms. The largest absolute Gasteiger partial charge is 0.492 e. The molecule has 0 aromatic heterocycles. The number of benzene rings is 2. The van der Waals surface area contributed by atoms with Gasteiger partial charge in [0, 0.05) is 17.6 Å². The van der Waals surface area contributed by atoms with E-state index in [1.165, 1.54) is 17.7 Å². The van der Waals surface area contributed by atoms with Crippen molar-refractivity contribution in [3.63, 3.8) is 0 Å². The number of aryl methyl sites for hydroxylation is 1. The topological polar surface area (TPSA) is 21.3 Å². The Hall–Kier alpha value is -1.58. The SMILES string of the molecule is Cc1cccc(OCCNC(C)c2ccc(F)cc2Cl)c1. The molecule has 1 unspecified atom stereocenters. The summed E-state index contributed by atoms with van der Waals surface area (Å²) in [4.78, 5) is 0. The first-order valence-corrected chi connectivity index (χ1v) is 7.32. The lowest BCUT2D eigenvalue weighted by Gasteiger charge is -2.16. The standard InChI is InChI=1S/C17H19ClFNO/c1-12-4-3-5-15(10-12)21-9-8-20-13(2)16-7-6-14(19)11-17(16)18/h3-7,10-11,13,20H,8-9H2,1-2H3. The van der Waals surface area contributed by atoms with E-state index in [9.17, 15) is 4.39 Å². The van der Waals surface area contributed by atoms with Crippen LogP contribution in [0.15, 0.2) is 42.5 Å². The molecule has 0 aliphatic heterocycles. The second kappa shape index (κ2) is 7.43. The third kappa shape index (κ3) is 4.73. The second-order valence-corrected chi connectivity index (χ2v) is 5.41. The Labute approximate surface area is 129 Å². The Kier molecular flexibility index (Phi) is 5.59. The molecule has 2 rings (SSSR count). The van der Waals surface area contributed by atoms with Crippen LogP contribution in [-0.2, 0) is 0 Å². The summed E-state index contributed by atoms with van der Waals surface area (Å²) < 4.78 is 18.7. The Balaban J connectivity index is 1.80. The summed E-state index contributed by atoms with van der Waals surface area (Å²) in [5.41, 5.74) is 2.06. The van der Waals surface area contributed by atoms with E-state index in [2.05, 4.69) is 5.32 Å². The fraction of sp³-hybridized carbons (Fsp3) is 0.294. The van der Waals surface area contributed by atoms with Crippen LogP contribution >= 0.6 is 11.6 Å². The van der Waals surface area contributed by atoms with E-state index in [1.807, 2.05) is 38.1 Å². The molecule has 0 aliphatic carbocycles. The molecule has 0 saturated heterocycles. The van der Waals surface area contributed by atoms with Crippen molar-refractivity contribution in [2.24, 2.45) is 0 Å². The molecule has 2 aromatic carbocycles. The highest BCUT2D eigenvalue weighted by molar-refractivity contribution is 6.31. The van der Waals surface area contributed by atoms with Gasteiger partial charge in [-0.05, 0) is 49.2 Å². The molecule has 0 heterocycles. The van der Waals surface area contributed by atoms with E-state index in [1.54, 1.807) is 6.07 Å². The molecule has 0 amide bonds. The van der Waals surface area contributed by atoms with Crippen molar-refractivity contribution >= 4 is 11.6 Å². The van der Waals surface area contributed by atoms with Crippen molar-refractivity contribution in [3.05, 3.63) is 64.4 Å². The second-order valence-electron chi connectivity index (χ2n) is 5.01. The number of hydrogen-bond donors (Lipinski definition) is 1. The number of ether oxygens (including phenoxy) is 1. The summed E-state index contributed by atoms with van der Waals surface area (Å²) in [6.45, 7) is 5.27. The zero-order valence-electron chi connectivity index (χ0n) is 12.2. The van der Waals surface area contributed by atoms with Crippen molar-refractivity contribution in [1.82, 2.24) is 5.32 Å². The maximum absolute atomic E-state index is 13.0. The molecule has 0 spiro atoms. The molecular weight excluding hydrogens is 289 g/mol. The smallest absolute Gasteiger partial charge is 0.124 e. The zero-order valence-corrected chi connectivity index (χ0v) is 13.0. The Morgan fingerprint density at radius 3 is 2.76 bits per heavy atom. The van der Waals surface area contributed by atoms with Gasteiger partial charge in [0.15, 0.2) is 0 Å². The van der Waals surface area contributed by atoms with E-state index in [-0.39, 0.29) is 11.9 Å². The first-order valence-electron chi connectivity index (χ1n) is 6.94. The summed E-state index contributed by atoms with van der Waals surface area (Å²) in [6, 6.07) is 12.4. The third-order valence-electron chi connectivity index (χ3n) is 3.24. The first-order chi connectivity index (χ1) is 10.1. The number of halogens is 2. The van der Waals surface area contributed by atoms with Crippen LogP contribution in [0.5, 0.6) is 5.75 Å². The Morgan fingerprint density at radius 1 is 1.24 bits per heavy atom. The van der Waals surface area contributed by atoms with E-state index in [0.717, 1.165) is 11.3 Å². The van der Waals surface area contributed by atoms with Gasteiger partial charge in [-0.3, -0.25) is 0 Å². The van der Waals surface area contributed by atoms with Crippen molar-refractivity contribution in [2.75, 3.05) is 13.2 Å². The van der Waals surface area contributed by atoms with Crippen molar-refractivity contribution in [3.8, 4) is 5.75 Å².